The summed E-state index contributed by atoms with van der Waals surface area (Å²) < 4.78 is 0. The summed E-state index contributed by atoms with van der Waals surface area (Å²) in [5, 5.41) is 11.7. The third-order valence-electron chi connectivity index (χ3n) is 5.19. The van der Waals surface area contributed by atoms with Crippen LogP contribution in [0.15, 0.2) is 42.5 Å². The lowest BCUT2D eigenvalue weighted by atomic mass is 9.98. The molecule has 1 saturated heterocycles. The van der Waals surface area contributed by atoms with Crippen molar-refractivity contribution in [1.82, 2.24) is 4.90 Å². The predicted molar refractivity (Wildman–Crippen MR) is 107 cm³/mol. The Balaban J connectivity index is 1.69. The molecule has 0 saturated carbocycles. The number of hydrogen-bond acceptors (Lipinski definition) is 3. The maximum atomic E-state index is 12.7. The monoisotopic (exact) mass is 380 g/mol. The Kier molecular flexibility index (Phi) is 5.78. The number of piperidine rings is 1. The summed E-state index contributed by atoms with van der Waals surface area (Å²) in [6.07, 6.45) is 2.05. The first kappa shape index (κ1) is 19.6. The molecular weight excluding hydrogens is 356 g/mol. The Morgan fingerprint density at radius 1 is 0.964 bits per heavy atom. The molecule has 1 fully saturated rings. The van der Waals surface area contributed by atoms with Gasteiger partial charge in [-0.15, -0.1) is 0 Å². The fourth-order valence-electron chi connectivity index (χ4n) is 3.29. The summed E-state index contributed by atoms with van der Waals surface area (Å²) in [7, 11) is 0. The number of rotatable bonds is 4. The summed E-state index contributed by atoms with van der Waals surface area (Å²) in [5.74, 6) is -0.680. The van der Waals surface area contributed by atoms with Gasteiger partial charge in [-0.2, -0.15) is 0 Å². The number of likely N-dealkylation sites (tertiary alicyclic amines) is 1. The first-order valence-corrected chi connectivity index (χ1v) is 9.40. The fraction of sp³-hybridized carbons (Fsp3) is 0.318. The number of carboxylic acid groups (broad SMARTS) is 1. The van der Waals surface area contributed by atoms with Crippen LogP contribution in [0.2, 0.25) is 0 Å². The summed E-state index contributed by atoms with van der Waals surface area (Å²) in [5.41, 5.74) is 2.54. The van der Waals surface area contributed by atoms with E-state index < -0.39 is 5.97 Å². The van der Waals surface area contributed by atoms with Gasteiger partial charge in [-0.05, 0) is 73.7 Å². The zero-order valence-electron chi connectivity index (χ0n) is 16.1. The molecule has 0 bridgehead atoms. The molecule has 146 valence electrons. The molecule has 2 aromatic carbocycles. The quantitative estimate of drug-likeness (QED) is 0.844. The van der Waals surface area contributed by atoms with E-state index in [0.29, 0.717) is 22.7 Å². The van der Waals surface area contributed by atoms with E-state index in [1.165, 1.54) is 24.3 Å². The van der Waals surface area contributed by atoms with E-state index in [1.807, 2.05) is 11.8 Å². The smallest absolute Gasteiger partial charge is 0.335 e. The molecule has 0 aliphatic carbocycles. The Bertz CT molecular complexity index is 897. The van der Waals surface area contributed by atoms with E-state index >= 15 is 0 Å². The van der Waals surface area contributed by atoms with Gasteiger partial charge in [0.25, 0.3) is 11.8 Å². The average molecular weight is 380 g/mol. The van der Waals surface area contributed by atoms with Crippen LogP contribution in [0.4, 0.5) is 5.69 Å². The molecule has 3 rings (SSSR count). The van der Waals surface area contributed by atoms with Crippen molar-refractivity contribution < 1.29 is 19.5 Å². The maximum absolute atomic E-state index is 12.7. The molecule has 1 heterocycles. The predicted octanol–water partition coefficient (Wildman–Crippen LogP) is 3.82. The Morgan fingerprint density at radius 3 is 2.11 bits per heavy atom. The number of anilines is 1. The number of nitrogens with one attached hydrogen (secondary N) is 1. The van der Waals surface area contributed by atoms with Gasteiger partial charge >= 0.3 is 5.97 Å². The highest BCUT2D eigenvalue weighted by atomic mass is 16.4. The van der Waals surface area contributed by atoms with Gasteiger partial charge in [0.2, 0.25) is 0 Å². The minimum absolute atomic E-state index is 0.0251. The number of aromatic carboxylic acids is 1. The first-order valence-electron chi connectivity index (χ1n) is 9.40. The largest absolute Gasteiger partial charge is 0.478 e. The van der Waals surface area contributed by atoms with Crippen LogP contribution in [0.3, 0.4) is 0 Å². The highest BCUT2D eigenvalue weighted by Gasteiger charge is 2.22. The van der Waals surface area contributed by atoms with Crippen LogP contribution in [0.1, 0.15) is 56.4 Å². The molecule has 0 radical (unpaired) electrons. The molecule has 2 amide bonds. The van der Waals surface area contributed by atoms with Crippen LogP contribution in [0, 0.1) is 12.8 Å². The average Bonchev–Trinajstić information content (AvgIpc) is 2.69. The zero-order chi connectivity index (χ0) is 20.3. The van der Waals surface area contributed by atoms with E-state index in [0.717, 1.165) is 31.5 Å². The minimum atomic E-state index is -1.04. The van der Waals surface area contributed by atoms with Gasteiger partial charge in [-0.25, -0.2) is 4.79 Å². The molecular formula is C22H24N2O4. The highest BCUT2D eigenvalue weighted by molar-refractivity contribution is 6.05. The number of carbonyl (C=O) groups is 3. The second-order valence-electron chi connectivity index (χ2n) is 7.34. The standard InChI is InChI=1S/C22H24N2O4/c1-14-9-11-24(12-10-14)21(26)18-7-8-19(15(2)13-18)23-20(25)16-3-5-17(6-4-16)22(27)28/h3-8,13-14H,9-12H2,1-2H3,(H,23,25)(H,27,28). The minimum Gasteiger partial charge on any atom is -0.478 e. The Hall–Kier alpha value is -3.15. The number of benzene rings is 2. The van der Waals surface area contributed by atoms with Crippen molar-refractivity contribution in [2.24, 2.45) is 5.92 Å². The van der Waals surface area contributed by atoms with Crippen molar-refractivity contribution in [1.29, 1.82) is 0 Å². The number of nitrogens with zero attached hydrogens (tertiary/aromatic N) is 1. The third kappa shape index (κ3) is 4.39. The summed E-state index contributed by atoms with van der Waals surface area (Å²) >= 11 is 0. The molecule has 1 aliphatic rings. The number of hydrogen-bond donors (Lipinski definition) is 2. The van der Waals surface area contributed by atoms with Crippen LogP contribution in [-0.2, 0) is 0 Å². The molecule has 1 aliphatic heterocycles. The van der Waals surface area contributed by atoms with E-state index in [9.17, 15) is 14.4 Å². The molecule has 6 nitrogen and oxygen atoms in total. The van der Waals surface area contributed by atoms with Gasteiger partial charge in [0.05, 0.1) is 5.56 Å². The van der Waals surface area contributed by atoms with Gasteiger partial charge in [-0.1, -0.05) is 6.92 Å². The van der Waals surface area contributed by atoms with E-state index in [1.54, 1.807) is 18.2 Å². The molecule has 2 N–H and O–H groups in total. The second kappa shape index (κ2) is 8.25. The molecule has 0 atom stereocenters. The van der Waals surface area contributed by atoms with Gasteiger partial charge < -0.3 is 15.3 Å². The lowest BCUT2D eigenvalue weighted by Gasteiger charge is -2.30. The van der Waals surface area contributed by atoms with Crippen LogP contribution < -0.4 is 5.32 Å². The lowest BCUT2D eigenvalue weighted by molar-refractivity contribution is 0.0688. The lowest BCUT2D eigenvalue weighted by Crippen LogP contribution is -2.37. The first-order chi connectivity index (χ1) is 13.3. The van der Waals surface area contributed by atoms with Gasteiger partial charge in [0.1, 0.15) is 0 Å². The summed E-state index contributed by atoms with van der Waals surface area (Å²) in [6, 6.07) is 11.0. The van der Waals surface area contributed by atoms with Gasteiger partial charge in [-0.3, -0.25) is 9.59 Å². The van der Waals surface area contributed by atoms with E-state index in [2.05, 4.69) is 12.2 Å². The molecule has 2 aromatic rings. The number of carboxylic acids is 1. The maximum Gasteiger partial charge on any atom is 0.335 e. The second-order valence-corrected chi connectivity index (χ2v) is 7.34. The van der Waals surface area contributed by atoms with Crippen molar-refractivity contribution in [3.63, 3.8) is 0 Å². The normalized spacial score (nSPS) is 14.6. The fourth-order valence-corrected chi connectivity index (χ4v) is 3.29. The van der Waals surface area contributed by atoms with Gasteiger partial charge in [0.15, 0.2) is 0 Å². The third-order valence-corrected chi connectivity index (χ3v) is 5.19. The van der Waals surface area contributed by atoms with Crippen LogP contribution in [0.25, 0.3) is 0 Å². The van der Waals surface area contributed by atoms with Crippen LogP contribution in [-0.4, -0.2) is 40.9 Å². The number of amides is 2. The summed E-state index contributed by atoms with van der Waals surface area (Å²) in [4.78, 5) is 37.9. The van der Waals surface area contributed by atoms with E-state index in [4.69, 9.17) is 5.11 Å². The van der Waals surface area contributed by atoms with Crippen molar-refractivity contribution in [2.45, 2.75) is 26.7 Å². The number of carbonyl (C=O) groups excluding carboxylic acids is 2. The number of aryl methyl sites for hydroxylation is 1. The molecule has 28 heavy (non-hydrogen) atoms. The molecule has 0 spiro atoms. The topological polar surface area (TPSA) is 86.7 Å². The molecule has 0 aromatic heterocycles. The van der Waals surface area contributed by atoms with Crippen molar-refractivity contribution in [3.8, 4) is 0 Å². The van der Waals surface area contributed by atoms with Crippen LogP contribution >= 0.6 is 0 Å². The van der Waals surface area contributed by atoms with Crippen molar-refractivity contribution >= 4 is 23.5 Å². The van der Waals surface area contributed by atoms with Crippen LogP contribution in [0.5, 0.6) is 0 Å². The van der Waals surface area contributed by atoms with Crippen molar-refractivity contribution in [3.05, 3.63) is 64.7 Å². The molecule has 0 unspecified atom stereocenters. The highest BCUT2D eigenvalue weighted by Crippen LogP contribution is 2.22. The zero-order valence-corrected chi connectivity index (χ0v) is 16.1. The van der Waals surface area contributed by atoms with E-state index in [-0.39, 0.29) is 17.4 Å². The van der Waals surface area contributed by atoms with Gasteiger partial charge in [0, 0.05) is 29.9 Å². The Labute approximate surface area is 164 Å². The summed E-state index contributed by atoms with van der Waals surface area (Å²) in [6.45, 7) is 5.62. The Morgan fingerprint density at radius 2 is 1.54 bits per heavy atom. The molecule has 6 heteroatoms. The SMILES string of the molecule is Cc1cc(C(=O)N2CCC(C)CC2)ccc1NC(=O)c1ccc(C(=O)O)cc1. The van der Waals surface area contributed by atoms with Crippen molar-refractivity contribution in [2.75, 3.05) is 18.4 Å².